The topological polar surface area (TPSA) is 63.9 Å². The number of nitrogens with zero attached hydrogens (tertiary/aromatic N) is 5. The first-order valence-corrected chi connectivity index (χ1v) is 10.3. The van der Waals surface area contributed by atoms with Gasteiger partial charge in [0.2, 0.25) is 11.1 Å². The minimum Gasteiger partial charge on any atom is -0.341 e. The molecule has 0 radical (unpaired) electrons. The Labute approximate surface area is 165 Å². The Hall–Kier alpha value is -1.90. The predicted octanol–water partition coefficient (Wildman–Crippen LogP) is 3.38. The number of carbonyl (C=O) groups is 1. The highest BCUT2D eigenvalue weighted by Gasteiger charge is 2.14. The first-order chi connectivity index (χ1) is 12.6. The van der Waals surface area contributed by atoms with Crippen molar-refractivity contribution >= 4 is 40.6 Å². The maximum atomic E-state index is 12.4. The van der Waals surface area contributed by atoms with Gasteiger partial charge in [-0.1, -0.05) is 41.6 Å². The quantitative estimate of drug-likeness (QED) is 0.535. The number of thiophene rings is 1. The van der Waals surface area contributed by atoms with Gasteiger partial charge in [-0.3, -0.25) is 4.79 Å². The van der Waals surface area contributed by atoms with Gasteiger partial charge in [-0.2, -0.15) is 0 Å². The second-order valence-electron chi connectivity index (χ2n) is 5.68. The number of tetrazole rings is 1. The van der Waals surface area contributed by atoms with Crippen molar-refractivity contribution in [3.05, 3.63) is 57.2 Å². The summed E-state index contributed by atoms with van der Waals surface area (Å²) in [5.74, 6) is 0.305. The summed E-state index contributed by atoms with van der Waals surface area (Å²) in [6, 6.07) is 11.6. The molecule has 6 nitrogen and oxygen atoms in total. The molecule has 0 saturated carbocycles. The lowest BCUT2D eigenvalue weighted by Gasteiger charge is -2.17. The van der Waals surface area contributed by atoms with E-state index in [4.69, 9.17) is 11.6 Å². The number of hydrogen-bond donors (Lipinski definition) is 0. The van der Waals surface area contributed by atoms with Gasteiger partial charge in [0.15, 0.2) is 0 Å². The summed E-state index contributed by atoms with van der Waals surface area (Å²) in [5, 5.41) is 15.1. The van der Waals surface area contributed by atoms with Crippen LogP contribution in [0.4, 0.5) is 0 Å². The number of amides is 1. The zero-order valence-electron chi connectivity index (χ0n) is 14.2. The summed E-state index contributed by atoms with van der Waals surface area (Å²) in [5.41, 5.74) is 0.999. The number of carbonyl (C=O) groups excluding carboxylic acids is 1. The molecule has 0 saturated heterocycles. The molecule has 0 N–H and O–H groups in total. The van der Waals surface area contributed by atoms with E-state index in [9.17, 15) is 4.79 Å². The van der Waals surface area contributed by atoms with Crippen LogP contribution >= 0.6 is 34.7 Å². The van der Waals surface area contributed by atoms with Gasteiger partial charge >= 0.3 is 0 Å². The molecular weight excluding hydrogens is 390 g/mol. The molecule has 9 heteroatoms. The van der Waals surface area contributed by atoms with Crippen molar-refractivity contribution in [2.75, 3.05) is 12.8 Å². The first-order valence-electron chi connectivity index (χ1n) is 8.01. The third kappa shape index (κ3) is 5.30. The summed E-state index contributed by atoms with van der Waals surface area (Å²) in [7, 11) is 1.78. The number of aryl methyl sites for hydroxylation is 2. The number of benzene rings is 1. The monoisotopic (exact) mass is 407 g/mol. The van der Waals surface area contributed by atoms with E-state index in [1.54, 1.807) is 28.0 Å². The van der Waals surface area contributed by atoms with E-state index in [-0.39, 0.29) is 11.7 Å². The molecule has 0 spiro atoms. The van der Waals surface area contributed by atoms with Gasteiger partial charge in [0.1, 0.15) is 0 Å². The molecule has 3 aromatic rings. The van der Waals surface area contributed by atoms with Crippen LogP contribution in [0.1, 0.15) is 10.4 Å². The molecule has 26 heavy (non-hydrogen) atoms. The number of rotatable bonds is 8. The van der Waals surface area contributed by atoms with Crippen molar-refractivity contribution < 1.29 is 4.79 Å². The molecule has 0 atom stereocenters. The maximum absolute atomic E-state index is 12.4. The molecule has 0 aliphatic rings. The third-order valence-corrected chi connectivity index (χ3v) is 5.82. The van der Waals surface area contributed by atoms with Crippen LogP contribution < -0.4 is 0 Å². The number of hydrogen-bond acceptors (Lipinski definition) is 6. The smallest absolute Gasteiger partial charge is 0.233 e. The highest BCUT2D eigenvalue weighted by Crippen LogP contribution is 2.17. The largest absolute Gasteiger partial charge is 0.341 e. The maximum Gasteiger partial charge on any atom is 0.233 e. The van der Waals surface area contributed by atoms with E-state index in [0.29, 0.717) is 23.3 Å². The van der Waals surface area contributed by atoms with Crippen LogP contribution in [0.5, 0.6) is 0 Å². The summed E-state index contributed by atoms with van der Waals surface area (Å²) in [6.45, 7) is 1.21. The average Bonchev–Trinajstić information content (AvgIpc) is 3.29. The molecule has 3 rings (SSSR count). The van der Waals surface area contributed by atoms with Crippen LogP contribution in [0.3, 0.4) is 0 Å². The lowest BCUT2D eigenvalue weighted by molar-refractivity contribution is -0.127. The highest BCUT2D eigenvalue weighted by molar-refractivity contribution is 7.99. The summed E-state index contributed by atoms with van der Waals surface area (Å²) in [4.78, 5) is 15.3. The Morgan fingerprint density at radius 3 is 3.00 bits per heavy atom. The number of halogens is 1. The number of thioether (sulfide) groups is 1. The average molecular weight is 408 g/mol. The lowest BCUT2D eigenvalue weighted by Crippen LogP contribution is -2.28. The molecular formula is C17H18ClN5OS2. The molecule has 0 aliphatic heterocycles. The van der Waals surface area contributed by atoms with E-state index in [0.717, 1.165) is 12.0 Å². The molecule has 1 amide bonds. The van der Waals surface area contributed by atoms with Crippen LogP contribution in [0.15, 0.2) is 46.9 Å². The van der Waals surface area contributed by atoms with Crippen molar-refractivity contribution in [3.8, 4) is 0 Å². The Morgan fingerprint density at radius 1 is 1.35 bits per heavy atom. The third-order valence-electron chi connectivity index (χ3n) is 3.71. The van der Waals surface area contributed by atoms with Crippen LogP contribution in [0.25, 0.3) is 0 Å². The predicted molar refractivity (Wildman–Crippen MR) is 104 cm³/mol. The van der Waals surface area contributed by atoms with E-state index in [1.165, 1.54) is 16.6 Å². The molecule has 0 aliphatic carbocycles. The fourth-order valence-electron chi connectivity index (χ4n) is 2.34. The second-order valence-corrected chi connectivity index (χ2v) is 8.09. The van der Waals surface area contributed by atoms with Crippen molar-refractivity contribution in [3.63, 3.8) is 0 Å². The lowest BCUT2D eigenvalue weighted by atomic mass is 10.2. The SMILES string of the molecule is CN(Cc1cccc(Cl)c1)C(=O)CSc1nnnn1CCc1cccs1. The summed E-state index contributed by atoms with van der Waals surface area (Å²) >= 11 is 9.06. The fourth-order valence-corrected chi connectivity index (χ4v) is 4.10. The Kier molecular flexibility index (Phi) is 6.65. The minimum absolute atomic E-state index is 0.0165. The zero-order valence-corrected chi connectivity index (χ0v) is 16.6. The molecule has 2 heterocycles. The van der Waals surface area contributed by atoms with Crippen molar-refractivity contribution in [2.24, 2.45) is 0 Å². The fraction of sp³-hybridized carbons (Fsp3) is 0.294. The highest BCUT2D eigenvalue weighted by atomic mass is 35.5. The molecule has 2 aromatic heterocycles. The standard InChI is InChI=1S/C17H18ClN5OS2/c1-22(11-13-4-2-5-14(18)10-13)16(24)12-26-17-19-20-21-23(17)8-7-15-6-3-9-25-15/h2-6,9-10H,7-8,11-12H2,1H3. The minimum atomic E-state index is 0.0165. The van der Waals surface area contributed by atoms with Crippen molar-refractivity contribution in [2.45, 2.75) is 24.7 Å². The first kappa shape index (κ1) is 18.9. The molecule has 0 fully saturated rings. The summed E-state index contributed by atoms with van der Waals surface area (Å²) < 4.78 is 1.74. The van der Waals surface area contributed by atoms with Gasteiger partial charge < -0.3 is 4.90 Å². The van der Waals surface area contributed by atoms with E-state index >= 15 is 0 Å². The molecule has 136 valence electrons. The van der Waals surface area contributed by atoms with Gasteiger partial charge in [0, 0.05) is 29.9 Å². The van der Waals surface area contributed by atoms with E-state index in [2.05, 4.69) is 27.0 Å². The van der Waals surface area contributed by atoms with Gasteiger partial charge in [-0.25, -0.2) is 4.68 Å². The van der Waals surface area contributed by atoms with Gasteiger partial charge in [-0.05, 0) is 39.6 Å². The van der Waals surface area contributed by atoms with Crippen LogP contribution in [-0.4, -0.2) is 43.8 Å². The molecule has 0 unspecified atom stereocenters. The van der Waals surface area contributed by atoms with Crippen molar-refractivity contribution in [1.82, 2.24) is 25.1 Å². The Balaban J connectivity index is 1.50. The van der Waals surface area contributed by atoms with E-state index in [1.807, 2.05) is 30.3 Å². The zero-order chi connectivity index (χ0) is 18.4. The molecule has 0 bridgehead atoms. The Morgan fingerprint density at radius 2 is 2.23 bits per heavy atom. The van der Waals surface area contributed by atoms with Crippen molar-refractivity contribution in [1.29, 1.82) is 0 Å². The van der Waals surface area contributed by atoms with Crippen LogP contribution in [0, 0.1) is 0 Å². The van der Waals surface area contributed by atoms with Gasteiger partial charge in [0.25, 0.3) is 0 Å². The van der Waals surface area contributed by atoms with Gasteiger partial charge in [0.05, 0.1) is 12.3 Å². The number of aromatic nitrogens is 4. The van der Waals surface area contributed by atoms with Gasteiger partial charge in [-0.15, -0.1) is 16.4 Å². The van der Waals surface area contributed by atoms with Crippen LogP contribution in [-0.2, 0) is 24.3 Å². The second kappa shape index (κ2) is 9.16. The normalized spacial score (nSPS) is 10.8. The van der Waals surface area contributed by atoms with E-state index < -0.39 is 0 Å². The summed E-state index contributed by atoms with van der Waals surface area (Å²) in [6.07, 6.45) is 0.874. The molecule has 1 aromatic carbocycles. The van der Waals surface area contributed by atoms with Crippen LogP contribution in [0.2, 0.25) is 5.02 Å². The Bertz CT molecular complexity index is 852.